The molecule has 2 aromatic heterocycles. The van der Waals surface area contributed by atoms with Crippen LogP contribution in [-0.2, 0) is 13.1 Å². The van der Waals surface area contributed by atoms with Crippen molar-refractivity contribution in [1.82, 2.24) is 19.9 Å². The Kier molecular flexibility index (Phi) is 7.52. The highest BCUT2D eigenvalue weighted by Crippen LogP contribution is 2.28. The molecule has 6 aromatic rings. The first-order valence-corrected chi connectivity index (χ1v) is 13.8. The number of carbonyl (C=O) groups excluding carboxylic acids is 1. The second kappa shape index (κ2) is 11.7. The van der Waals surface area contributed by atoms with Crippen molar-refractivity contribution in [3.8, 4) is 22.4 Å². The number of nitrogens with zero attached hydrogens (tertiary/aromatic N) is 3. The van der Waals surface area contributed by atoms with Crippen molar-refractivity contribution in [2.45, 2.75) is 13.1 Å². The third-order valence-corrected chi connectivity index (χ3v) is 7.33. The Balaban J connectivity index is 1.10. The minimum absolute atomic E-state index is 0.0964. The Morgan fingerprint density at radius 1 is 0.805 bits per heavy atom. The molecule has 4 aromatic carbocycles. The van der Waals surface area contributed by atoms with Gasteiger partial charge in [-0.1, -0.05) is 96.5 Å². The van der Waals surface area contributed by atoms with Crippen LogP contribution in [0.15, 0.2) is 115 Å². The van der Waals surface area contributed by atoms with E-state index in [9.17, 15) is 4.79 Å². The van der Waals surface area contributed by atoms with E-state index in [4.69, 9.17) is 16.6 Å². The number of carbonyl (C=O) groups is 1. The SMILES string of the molecule is Bc1cnn2c(NCc3ccc(CNC(=O)c4ccc(-c5ccccc5)cc4)cc3)cc(-c3ccccc3Cl)nc12. The summed E-state index contributed by atoms with van der Waals surface area (Å²) in [4.78, 5) is 17.5. The van der Waals surface area contributed by atoms with Gasteiger partial charge in [-0.3, -0.25) is 4.79 Å². The number of nitrogens with one attached hydrogen (secondary N) is 2. The molecule has 0 aliphatic rings. The van der Waals surface area contributed by atoms with Crippen molar-refractivity contribution in [2.75, 3.05) is 5.32 Å². The lowest BCUT2D eigenvalue weighted by molar-refractivity contribution is 0.0951. The molecular weight excluding hydrogens is 529 g/mol. The maximum Gasteiger partial charge on any atom is 0.251 e. The van der Waals surface area contributed by atoms with E-state index in [2.05, 4.69) is 40.0 Å². The number of benzene rings is 4. The van der Waals surface area contributed by atoms with Crippen LogP contribution in [0.3, 0.4) is 0 Å². The Morgan fingerprint density at radius 3 is 2.20 bits per heavy atom. The highest BCUT2D eigenvalue weighted by Gasteiger charge is 2.13. The van der Waals surface area contributed by atoms with Crippen LogP contribution in [0.4, 0.5) is 5.82 Å². The molecule has 0 radical (unpaired) electrons. The van der Waals surface area contributed by atoms with Gasteiger partial charge in [-0.15, -0.1) is 0 Å². The zero-order valence-corrected chi connectivity index (χ0v) is 23.3. The van der Waals surface area contributed by atoms with Crippen LogP contribution in [0.5, 0.6) is 0 Å². The van der Waals surface area contributed by atoms with Crippen LogP contribution in [0.2, 0.25) is 5.02 Å². The van der Waals surface area contributed by atoms with Gasteiger partial charge in [0.15, 0.2) is 5.65 Å². The fourth-order valence-corrected chi connectivity index (χ4v) is 4.93. The maximum atomic E-state index is 12.7. The summed E-state index contributed by atoms with van der Waals surface area (Å²) in [6.07, 6.45) is 1.81. The van der Waals surface area contributed by atoms with E-state index in [1.54, 1.807) is 0 Å². The number of fused-ring (bicyclic) bond motifs is 1. The van der Waals surface area contributed by atoms with Gasteiger partial charge in [0.25, 0.3) is 5.91 Å². The molecule has 0 aliphatic carbocycles. The molecular formula is C33H27BClN5O. The average Bonchev–Trinajstić information content (AvgIpc) is 3.40. The predicted octanol–water partition coefficient (Wildman–Crippen LogP) is 5.52. The van der Waals surface area contributed by atoms with Crippen molar-refractivity contribution in [3.05, 3.63) is 137 Å². The summed E-state index contributed by atoms with van der Waals surface area (Å²) in [6, 6.07) is 35.7. The lowest BCUT2D eigenvalue weighted by Crippen LogP contribution is -2.22. The van der Waals surface area contributed by atoms with E-state index in [0.717, 1.165) is 50.4 Å². The van der Waals surface area contributed by atoms with Crippen molar-refractivity contribution in [2.24, 2.45) is 0 Å². The molecule has 1 amide bonds. The molecule has 0 unspecified atom stereocenters. The predicted molar refractivity (Wildman–Crippen MR) is 168 cm³/mol. The van der Waals surface area contributed by atoms with Crippen molar-refractivity contribution >= 4 is 42.3 Å². The Bertz CT molecular complexity index is 1820. The maximum absolute atomic E-state index is 12.7. The molecule has 6 nitrogen and oxygen atoms in total. The normalized spacial score (nSPS) is 11.0. The van der Waals surface area contributed by atoms with Crippen LogP contribution in [-0.4, -0.2) is 28.4 Å². The lowest BCUT2D eigenvalue weighted by Gasteiger charge is -2.12. The summed E-state index contributed by atoms with van der Waals surface area (Å²) in [5.74, 6) is 0.730. The molecule has 0 saturated heterocycles. The van der Waals surface area contributed by atoms with E-state index >= 15 is 0 Å². The summed E-state index contributed by atoms with van der Waals surface area (Å²) < 4.78 is 1.81. The first-order valence-electron chi connectivity index (χ1n) is 13.4. The highest BCUT2D eigenvalue weighted by molar-refractivity contribution is 6.36. The zero-order valence-electron chi connectivity index (χ0n) is 22.5. The van der Waals surface area contributed by atoms with Gasteiger partial charge in [0.1, 0.15) is 13.7 Å². The molecule has 200 valence electrons. The third-order valence-electron chi connectivity index (χ3n) is 7.00. The molecule has 0 saturated carbocycles. The van der Waals surface area contributed by atoms with Gasteiger partial charge in [0.05, 0.1) is 5.69 Å². The standard InChI is InChI=1S/C33H27BClN5O/c34-28-21-38-40-31(18-30(39-32(28)40)27-8-4-5-9-29(27)35)36-19-22-10-12-23(13-11-22)20-37-33(41)26-16-14-25(15-17-26)24-6-2-1-3-7-24/h1-18,21,36H,19-20,34H2,(H,37,41). The zero-order chi connectivity index (χ0) is 28.2. The number of anilines is 1. The number of amides is 1. The van der Waals surface area contributed by atoms with Gasteiger partial charge in [-0.2, -0.15) is 9.61 Å². The van der Waals surface area contributed by atoms with E-state index in [0.29, 0.717) is 23.7 Å². The largest absolute Gasteiger partial charge is 0.366 e. The molecule has 2 heterocycles. The highest BCUT2D eigenvalue weighted by atomic mass is 35.5. The van der Waals surface area contributed by atoms with E-state index in [1.165, 1.54) is 0 Å². The molecule has 0 atom stereocenters. The monoisotopic (exact) mass is 555 g/mol. The Hall–Kier alpha value is -4.88. The van der Waals surface area contributed by atoms with Crippen LogP contribution in [0, 0.1) is 0 Å². The first kappa shape index (κ1) is 26.4. The molecule has 8 heteroatoms. The average molecular weight is 556 g/mol. The van der Waals surface area contributed by atoms with Gasteiger partial charge >= 0.3 is 0 Å². The van der Waals surface area contributed by atoms with Gasteiger partial charge in [-0.25, -0.2) is 4.98 Å². The van der Waals surface area contributed by atoms with E-state index in [1.807, 2.05) is 103 Å². The smallest absolute Gasteiger partial charge is 0.251 e. The van der Waals surface area contributed by atoms with E-state index in [-0.39, 0.29) is 5.91 Å². The van der Waals surface area contributed by atoms with Crippen LogP contribution in [0.1, 0.15) is 21.5 Å². The first-order chi connectivity index (χ1) is 20.0. The summed E-state index contributed by atoms with van der Waals surface area (Å²) in [5.41, 5.74) is 8.41. The molecule has 6 rings (SSSR count). The second-order valence-corrected chi connectivity index (χ2v) is 10.3. The molecule has 0 aliphatic heterocycles. The lowest BCUT2D eigenvalue weighted by atomic mass is 10.0. The van der Waals surface area contributed by atoms with Crippen LogP contribution < -0.4 is 16.1 Å². The Labute approximate surface area is 244 Å². The molecule has 0 fully saturated rings. The van der Waals surface area contributed by atoms with Crippen LogP contribution in [0.25, 0.3) is 28.0 Å². The molecule has 0 bridgehead atoms. The molecule has 2 N–H and O–H groups in total. The number of rotatable bonds is 8. The fourth-order valence-electron chi connectivity index (χ4n) is 4.70. The van der Waals surface area contributed by atoms with Gasteiger partial charge in [0.2, 0.25) is 0 Å². The van der Waals surface area contributed by atoms with E-state index < -0.39 is 0 Å². The molecule has 41 heavy (non-hydrogen) atoms. The van der Waals surface area contributed by atoms with Crippen LogP contribution >= 0.6 is 11.6 Å². The summed E-state index contributed by atoms with van der Waals surface area (Å²) in [7, 11) is 1.99. The number of hydrogen-bond donors (Lipinski definition) is 2. The summed E-state index contributed by atoms with van der Waals surface area (Å²) in [5, 5.41) is 11.7. The fraction of sp³-hybridized carbons (Fsp3) is 0.0606. The van der Waals surface area contributed by atoms with Crippen molar-refractivity contribution in [3.63, 3.8) is 0 Å². The molecule has 0 spiro atoms. The van der Waals surface area contributed by atoms with Gasteiger partial charge < -0.3 is 10.6 Å². The second-order valence-electron chi connectivity index (χ2n) is 9.87. The minimum atomic E-state index is -0.0964. The topological polar surface area (TPSA) is 71.3 Å². The van der Waals surface area contributed by atoms with Gasteiger partial charge in [-0.05, 0) is 45.9 Å². The van der Waals surface area contributed by atoms with Crippen molar-refractivity contribution in [1.29, 1.82) is 0 Å². The number of aromatic nitrogens is 3. The number of hydrogen-bond acceptors (Lipinski definition) is 4. The quantitative estimate of drug-likeness (QED) is 0.243. The third kappa shape index (κ3) is 5.86. The Morgan fingerprint density at radius 2 is 1.46 bits per heavy atom. The summed E-state index contributed by atoms with van der Waals surface area (Å²) >= 11 is 6.46. The number of halogens is 1. The van der Waals surface area contributed by atoms with Crippen molar-refractivity contribution < 1.29 is 4.79 Å². The summed E-state index contributed by atoms with van der Waals surface area (Å²) in [6.45, 7) is 1.05. The van der Waals surface area contributed by atoms with Gasteiger partial charge in [0, 0.05) is 41.5 Å². The minimum Gasteiger partial charge on any atom is -0.366 e.